The van der Waals surface area contributed by atoms with Gasteiger partial charge in [-0.15, -0.1) is 0 Å². The van der Waals surface area contributed by atoms with Gasteiger partial charge in [0.1, 0.15) is 10.3 Å². The van der Waals surface area contributed by atoms with Gasteiger partial charge in [-0.2, -0.15) is 0 Å². The van der Waals surface area contributed by atoms with Gasteiger partial charge in [-0.25, -0.2) is 8.42 Å². The number of alkyl halides is 1. The maximum Gasteiger partial charge on any atom is 0.163 e. The highest BCUT2D eigenvalue weighted by Crippen LogP contribution is 2.27. The molecule has 0 spiro atoms. The predicted octanol–water partition coefficient (Wildman–Crippen LogP) is 1.07. The summed E-state index contributed by atoms with van der Waals surface area (Å²) >= 11 is 2.95. The molecule has 0 unspecified atom stereocenters. The van der Waals surface area contributed by atoms with Crippen LogP contribution < -0.4 is 5.73 Å². The summed E-state index contributed by atoms with van der Waals surface area (Å²) in [5.41, 5.74) is 6.49. The maximum absolute atomic E-state index is 11.2. The van der Waals surface area contributed by atoms with Gasteiger partial charge in [-0.3, -0.25) is 0 Å². The van der Waals surface area contributed by atoms with Crippen molar-refractivity contribution in [2.45, 2.75) is 10.3 Å². The van der Waals surface area contributed by atoms with Crippen molar-refractivity contribution in [1.29, 1.82) is 0 Å². The van der Waals surface area contributed by atoms with Crippen molar-refractivity contribution in [3.05, 3.63) is 29.8 Å². The third-order valence-corrected chi connectivity index (χ3v) is 5.52. The molecule has 0 bridgehead atoms. The van der Waals surface area contributed by atoms with Gasteiger partial charge in [0.25, 0.3) is 0 Å². The number of sulfone groups is 1. The third-order valence-electron chi connectivity index (χ3n) is 1.91. The van der Waals surface area contributed by atoms with Crippen molar-refractivity contribution in [2.75, 3.05) is 12.0 Å². The van der Waals surface area contributed by atoms with Gasteiger partial charge in [-0.05, 0) is 17.7 Å². The van der Waals surface area contributed by atoms with Gasteiger partial charge in [0.15, 0.2) is 9.84 Å². The normalized spacial score (nSPS) is 15.9. The van der Waals surface area contributed by atoms with E-state index >= 15 is 0 Å². The Morgan fingerprint density at radius 2 is 2.07 bits per heavy atom. The van der Waals surface area contributed by atoms with E-state index in [0.29, 0.717) is 11.3 Å². The first-order valence-electron chi connectivity index (χ1n) is 4.19. The highest BCUT2D eigenvalue weighted by atomic mass is 79.9. The zero-order valence-electron chi connectivity index (χ0n) is 8.09. The van der Waals surface area contributed by atoms with Crippen molar-refractivity contribution < 1.29 is 13.5 Å². The third kappa shape index (κ3) is 3.19. The molecule has 0 aliphatic rings. The number of halogens is 1. The van der Waals surface area contributed by atoms with Gasteiger partial charge in [-0.1, -0.05) is 28.1 Å². The Bertz CT molecular complexity index is 446. The first-order chi connectivity index (χ1) is 6.82. The van der Waals surface area contributed by atoms with Crippen molar-refractivity contribution >= 4 is 31.5 Å². The van der Waals surface area contributed by atoms with E-state index in [4.69, 9.17) is 5.73 Å². The lowest BCUT2D eigenvalue weighted by molar-refractivity contribution is 0.195. The van der Waals surface area contributed by atoms with Crippen molar-refractivity contribution in [2.24, 2.45) is 0 Å². The number of rotatable bonds is 3. The van der Waals surface area contributed by atoms with Gasteiger partial charge in [0.05, 0.1) is 0 Å². The molecule has 1 aromatic carbocycles. The zero-order valence-corrected chi connectivity index (χ0v) is 10.5. The molecule has 0 amide bonds. The average Bonchev–Trinajstić information content (AvgIpc) is 2.14. The van der Waals surface area contributed by atoms with E-state index in [2.05, 4.69) is 15.9 Å². The van der Waals surface area contributed by atoms with Crippen LogP contribution in [0.25, 0.3) is 0 Å². The summed E-state index contributed by atoms with van der Waals surface area (Å²) in [6.07, 6.45) is -0.0643. The van der Waals surface area contributed by atoms with Crippen LogP contribution >= 0.6 is 15.9 Å². The van der Waals surface area contributed by atoms with Crippen LogP contribution in [0.1, 0.15) is 11.7 Å². The molecular formula is C9H12BrNO3S. The largest absolute Gasteiger partial charge is 0.399 e. The molecule has 3 N–H and O–H groups in total. The highest BCUT2D eigenvalue weighted by Gasteiger charge is 2.27. The fourth-order valence-electron chi connectivity index (χ4n) is 1.13. The summed E-state index contributed by atoms with van der Waals surface area (Å²) in [5, 5.41) is 9.77. The summed E-state index contributed by atoms with van der Waals surface area (Å²) in [6.45, 7) is 0. The van der Waals surface area contributed by atoms with Gasteiger partial charge < -0.3 is 10.8 Å². The summed E-state index contributed by atoms with van der Waals surface area (Å²) in [6, 6.07) is 6.50. The zero-order chi connectivity index (χ0) is 11.6. The molecule has 0 saturated carbocycles. The maximum atomic E-state index is 11.2. The second-order valence-electron chi connectivity index (χ2n) is 3.30. The van der Waals surface area contributed by atoms with E-state index in [1.165, 1.54) is 0 Å². The SMILES string of the molecule is CS(=O)(=O)[C@@H](Br)[C@H](O)c1cccc(N)c1. The van der Waals surface area contributed by atoms with E-state index in [-0.39, 0.29) is 0 Å². The Kier molecular flexibility index (Phi) is 3.75. The molecule has 6 heteroatoms. The van der Waals surface area contributed by atoms with Gasteiger partial charge in [0.2, 0.25) is 0 Å². The van der Waals surface area contributed by atoms with Gasteiger partial charge >= 0.3 is 0 Å². The number of aliphatic hydroxyl groups is 1. The van der Waals surface area contributed by atoms with Crippen LogP contribution in [0.2, 0.25) is 0 Å². The molecule has 4 nitrogen and oxygen atoms in total. The first-order valence-corrected chi connectivity index (χ1v) is 7.06. The smallest absolute Gasteiger partial charge is 0.163 e. The van der Waals surface area contributed by atoms with E-state index in [1.54, 1.807) is 24.3 Å². The molecule has 0 aliphatic heterocycles. The predicted molar refractivity (Wildman–Crippen MR) is 63.4 cm³/mol. The number of benzene rings is 1. The van der Waals surface area contributed by atoms with E-state index < -0.39 is 20.1 Å². The number of nitrogens with two attached hydrogens (primary N) is 1. The molecule has 0 fully saturated rings. The van der Waals surface area contributed by atoms with Gasteiger partial charge in [0, 0.05) is 11.9 Å². The molecule has 0 aliphatic carbocycles. The summed E-state index contributed by atoms with van der Waals surface area (Å²) in [4.78, 5) is 0. The number of hydrogen-bond donors (Lipinski definition) is 2. The Morgan fingerprint density at radius 3 is 2.53 bits per heavy atom. The lowest BCUT2D eigenvalue weighted by Crippen LogP contribution is -2.21. The van der Waals surface area contributed by atoms with E-state index in [9.17, 15) is 13.5 Å². The lowest BCUT2D eigenvalue weighted by atomic mass is 10.1. The molecule has 1 aromatic rings. The van der Waals surface area contributed by atoms with Crippen LogP contribution in [-0.2, 0) is 9.84 Å². The Balaban J connectivity index is 3.00. The molecule has 84 valence electrons. The molecule has 1 rings (SSSR count). The molecule has 0 heterocycles. The van der Waals surface area contributed by atoms with Crippen LogP contribution in [0.15, 0.2) is 24.3 Å². The Hall–Kier alpha value is -0.590. The van der Waals surface area contributed by atoms with Crippen LogP contribution in [-0.4, -0.2) is 23.9 Å². The van der Waals surface area contributed by atoms with E-state index in [0.717, 1.165) is 6.26 Å². The Labute approximate surface area is 97.2 Å². The minimum absolute atomic E-state index is 0.474. The average molecular weight is 294 g/mol. The second-order valence-corrected chi connectivity index (χ2v) is 7.06. The monoisotopic (exact) mass is 293 g/mol. The molecule has 0 aromatic heterocycles. The number of nitrogen functional groups attached to an aromatic ring is 1. The summed E-state index contributed by atoms with van der Waals surface area (Å²) < 4.78 is 21.4. The van der Waals surface area contributed by atoms with Crippen LogP contribution in [0.4, 0.5) is 5.69 Å². The topological polar surface area (TPSA) is 80.4 Å². The van der Waals surface area contributed by atoms with Crippen molar-refractivity contribution in [3.63, 3.8) is 0 Å². The molecule has 2 atom stereocenters. The quantitative estimate of drug-likeness (QED) is 0.645. The number of anilines is 1. The Morgan fingerprint density at radius 1 is 1.47 bits per heavy atom. The molecule has 0 radical (unpaired) electrons. The van der Waals surface area contributed by atoms with Crippen LogP contribution in [0.3, 0.4) is 0 Å². The van der Waals surface area contributed by atoms with Crippen molar-refractivity contribution in [3.8, 4) is 0 Å². The fourth-order valence-corrected chi connectivity index (χ4v) is 2.06. The molecule has 15 heavy (non-hydrogen) atoms. The van der Waals surface area contributed by atoms with Crippen LogP contribution in [0.5, 0.6) is 0 Å². The fraction of sp³-hybridized carbons (Fsp3) is 0.333. The van der Waals surface area contributed by atoms with E-state index in [1.807, 2.05) is 0 Å². The highest BCUT2D eigenvalue weighted by molar-refractivity contribution is 9.11. The minimum Gasteiger partial charge on any atom is -0.399 e. The molecule has 0 saturated heterocycles. The lowest BCUT2D eigenvalue weighted by Gasteiger charge is -2.16. The standard InChI is InChI=1S/C9H12BrNO3S/c1-15(13,14)9(10)8(12)6-3-2-4-7(11)5-6/h2-5,8-9,12H,11H2,1H3/t8-,9-/m1/s1. The minimum atomic E-state index is -3.34. The number of aliphatic hydroxyl groups excluding tert-OH is 1. The van der Waals surface area contributed by atoms with Crippen LogP contribution in [0, 0.1) is 0 Å². The summed E-state index contributed by atoms with van der Waals surface area (Å²) in [5.74, 6) is 0. The molecular weight excluding hydrogens is 282 g/mol. The second kappa shape index (κ2) is 4.51. The van der Waals surface area contributed by atoms with Crippen molar-refractivity contribution in [1.82, 2.24) is 0 Å². The first kappa shape index (κ1) is 12.5. The number of hydrogen-bond acceptors (Lipinski definition) is 4. The summed E-state index contributed by atoms with van der Waals surface area (Å²) in [7, 11) is -3.34.